The second-order valence-corrected chi connectivity index (χ2v) is 6.46. The minimum absolute atomic E-state index is 0.0710. The van der Waals surface area contributed by atoms with E-state index in [-0.39, 0.29) is 21.7 Å². The van der Waals surface area contributed by atoms with Gasteiger partial charge in [0.25, 0.3) is 0 Å². The molecule has 0 radical (unpaired) electrons. The van der Waals surface area contributed by atoms with Crippen LogP contribution in [0.3, 0.4) is 0 Å². The number of benzene rings is 1. The van der Waals surface area contributed by atoms with Crippen molar-refractivity contribution < 1.29 is 9.90 Å². The van der Waals surface area contributed by atoms with Crippen LogP contribution in [0.15, 0.2) is 42.6 Å². The van der Waals surface area contributed by atoms with Crippen molar-refractivity contribution in [2.24, 2.45) is 0 Å². The molecule has 0 aliphatic carbocycles. The Morgan fingerprint density at radius 3 is 2.58 bits per heavy atom. The van der Waals surface area contributed by atoms with Crippen molar-refractivity contribution in [1.29, 1.82) is 0 Å². The van der Waals surface area contributed by atoms with E-state index in [2.05, 4.69) is 9.79 Å². The molecule has 0 fully saturated rings. The summed E-state index contributed by atoms with van der Waals surface area (Å²) in [6.45, 7) is 0. The van der Waals surface area contributed by atoms with Crippen LogP contribution in [0.1, 0.15) is 11.1 Å². The van der Waals surface area contributed by atoms with Gasteiger partial charge >= 0.3 is 122 Å². The van der Waals surface area contributed by atoms with Crippen LogP contribution in [0.4, 0.5) is 0 Å². The van der Waals surface area contributed by atoms with Crippen molar-refractivity contribution >= 4 is 42.0 Å². The number of aliphatic carboxylic acids is 1. The van der Waals surface area contributed by atoms with Crippen molar-refractivity contribution in [3.8, 4) is 0 Å². The number of aromatic nitrogens is 1. The van der Waals surface area contributed by atoms with Crippen LogP contribution in [0.25, 0.3) is 0 Å². The van der Waals surface area contributed by atoms with E-state index in [1.54, 1.807) is 12.3 Å². The zero-order valence-corrected chi connectivity index (χ0v) is 12.6. The Hall–Kier alpha value is -1.44. The molecule has 3 nitrogen and oxygen atoms in total. The maximum atomic E-state index is 10.6. The van der Waals surface area contributed by atoms with Crippen LogP contribution in [0.2, 0.25) is 5.15 Å². The first kappa shape index (κ1) is 14.0. The van der Waals surface area contributed by atoms with Crippen LogP contribution in [-0.4, -0.2) is 36.2 Å². The second-order valence-electron chi connectivity index (χ2n) is 3.91. The summed E-state index contributed by atoms with van der Waals surface area (Å²) < 4.78 is 1.22. The number of hydrogen-bond acceptors (Lipinski definition) is 2. The van der Waals surface area contributed by atoms with Gasteiger partial charge in [0.2, 0.25) is 0 Å². The first-order valence-corrected chi connectivity index (χ1v) is 8.00. The molecule has 1 heterocycles. The maximum absolute atomic E-state index is 10.6. The second kappa shape index (κ2) is 6.65. The molecule has 0 bridgehead atoms. The Kier molecular flexibility index (Phi) is 4.89. The Morgan fingerprint density at radius 2 is 2.00 bits per heavy atom. The van der Waals surface area contributed by atoms with Gasteiger partial charge in [-0.15, -0.1) is 0 Å². The number of nitrogens with zero attached hydrogens (tertiary/aromatic N) is 1. The van der Waals surface area contributed by atoms with E-state index in [9.17, 15) is 4.79 Å². The van der Waals surface area contributed by atoms with Crippen molar-refractivity contribution in [2.45, 2.75) is 6.42 Å². The van der Waals surface area contributed by atoms with Crippen molar-refractivity contribution in [2.75, 3.05) is 0 Å². The van der Waals surface area contributed by atoms with Gasteiger partial charge in [0.05, 0.1) is 0 Å². The number of carboxylic acid groups (broad SMARTS) is 1. The standard InChI is InChI=1S/C14H11AsClNO2/c16-13-6-3-11(9-17-13)8-15-12-4-1-10(2-5-12)7-14(18)19/h1-6,8-9H,7H2,(H,18,19). The zero-order chi connectivity index (χ0) is 13.7. The number of halogens is 1. The molecule has 0 atom stereocenters. The van der Waals surface area contributed by atoms with Crippen LogP contribution < -0.4 is 4.35 Å². The third-order valence-electron chi connectivity index (χ3n) is 2.40. The minimum atomic E-state index is -0.806. The molecule has 5 heteroatoms. The molecule has 0 amide bonds. The predicted octanol–water partition coefficient (Wildman–Crippen LogP) is 1.54. The van der Waals surface area contributed by atoms with E-state index >= 15 is 0 Å². The summed E-state index contributed by atoms with van der Waals surface area (Å²) in [6, 6.07) is 11.4. The molecule has 0 aliphatic heterocycles. The van der Waals surface area contributed by atoms with E-state index in [4.69, 9.17) is 16.7 Å². The molecule has 0 unspecified atom stereocenters. The van der Waals surface area contributed by atoms with Crippen molar-refractivity contribution in [3.05, 3.63) is 58.9 Å². The summed E-state index contributed by atoms with van der Waals surface area (Å²) in [4.78, 5) is 16.7. The molecule has 96 valence electrons. The van der Waals surface area contributed by atoms with Crippen LogP contribution in [0, 0.1) is 0 Å². The number of carbonyl (C=O) groups is 1. The first-order chi connectivity index (χ1) is 9.13. The third-order valence-corrected chi connectivity index (χ3v) is 4.78. The van der Waals surface area contributed by atoms with E-state index in [1.807, 2.05) is 30.3 Å². The van der Waals surface area contributed by atoms with Gasteiger partial charge < -0.3 is 0 Å². The Morgan fingerprint density at radius 1 is 1.26 bits per heavy atom. The van der Waals surface area contributed by atoms with Gasteiger partial charge in [-0.2, -0.15) is 0 Å². The molecule has 1 N–H and O–H groups in total. The van der Waals surface area contributed by atoms with Gasteiger partial charge in [-0.3, -0.25) is 0 Å². The van der Waals surface area contributed by atoms with Crippen molar-refractivity contribution in [1.82, 2.24) is 4.98 Å². The van der Waals surface area contributed by atoms with Gasteiger partial charge in [-0.25, -0.2) is 0 Å². The molecule has 0 saturated carbocycles. The molecule has 2 aromatic rings. The fraction of sp³-hybridized carbons (Fsp3) is 0.0714. The van der Waals surface area contributed by atoms with E-state index in [0.717, 1.165) is 11.1 Å². The summed E-state index contributed by atoms with van der Waals surface area (Å²) in [6.07, 6.45) is 1.82. The fourth-order valence-corrected chi connectivity index (χ4v) is 3.22. The zero-order valence-electron chi connectivity index (χ0n) is 9.95. The van der Waals surface area contributed by atoms with Gasteiger partial charge in [-0.1, -0.05) is 0 Å². The van der Waals surface area contributed by atoms with Gasteiger partial charge in [0.1, 0.15) is 0 Å². The number of rotatable bonds is 4. The Bertz CT molecular complexity index is 594. The van der Waals surface area contributed by atoms with E-state index < -0.39 is 5.97 Å². The van der Waals surface area contributed by atoms with Crippen molar-refractivity contribution in [3.63, 3.8) is 0 Å². The monoisotopic (exact) mass is 335 g/mol. The molecule has 0 aliphatic rings. The third kappa shape index (κ3) is 4.62. The molecule has 0 spiro atoms. The average Bonchev–Trinajstić information content (AvgIpc) is 2.39. The molecule has 19 heavy (non-hydrogen) atoms. The summed E-state index contributed by atoms with van der Waals surface area (Å²) in [5.74, 6) is -0.806. The first-order valence-electron chi connectivity index (χ1n) is 5.60. The topological polar surface area (TPSA) is 50.2 Å². The molecular formula is C14H11AsClNO2. The Labute approximate surface area is 122 Å². The molecule has 1 aromatic heterocycles. The van der Waals surface area contributed by atoms with E-state index in [0.29, 0.717) is 5.15 Å². The number of hydrogen-bond donors (Lipinski definition) is 1. The molecule has 0 saturated heterocycles. The average molecular weight is 336 g/mol. The number of pyridine rings is 1. The molecule has 1 aromatic carbocycles. The molecule has 2 rings (SSSR count). The summed E-state index contributed by atoms with van der Waals surface area (Å²) in [5, 5.41) is 9.18. The summed E-state index contributed by atoms with van der Waals surface area (Å²) in [7, 11) is 0. The van der Waals surface area contributed by atoms with Crippen LogP contribution in [0.5, 0.6) is 0 Å². The summed E-state index contributed by atoms with van der Waals surface area (Å²) >= 11 is 5.62. The molecular weight excluding hydrogens is 325 g/mol. The Balaban J connectivity index is 2.06. The van der Waals surface area contributed by atoms with Gasteiger partial charge in [0, 0.05) is 0 Å². The van der Waals surface area contributed by atoms with Gasteiger partial charge in [-0.05, 0) is 0 Å². The fourth-order valence-electron chi connectivity index (χ4n) is 1.49. The van der Waals surface area contributed by atoms with Crippen LogP contribution in [-0.2, 0) is 11.2 Å². The quantitative estimate of drug-likeness (QED) is 0.681. The summed E-state index contributed by atoms with van der Waals surface area (Å²) in [5.41, 5.74) is 1.88. The van der Waals surface area contributed by atoms with Gasteiger partial charge in [0.15, 0.2) is 0 Å². The van der Waals surface area contributed by atoms with Crippen LogP contribution >= 0.6 is 11.6 Å². The number of carboxylic acids is 1. The van der Waals surface area contributed by atoms with E-state index in [1.165, 1.54) is 4.35 Å². The normalized spacial score (nSPS) is 10.8. The SMILES string of the molecule is O=C(O)Cc1ccc(/[As]=C/c2ccc(Cl)nc2)cc1. The predicted molar refractivity (Wildman–Crippen MR) is 77.6 cm³/mol.